The normalized spacial score (nSPS) is 18.6. The number of benzene rings is 9. The lowest BCUT2D eigenvalue weighted by molar-refractivity contribution is 0.245. The number of hydrogen-bond donors (Lipinski definition) is 0. The maximum Gasteiger partial charge on any atom is 0.334 e. The second-order valence-electron chi connectivity index (χ2n) is 24.5. The molecule has 4 nitrogen and oxygen atoms in total. The second-order valence-corrected chi connectivity index (χ2v) is 24.5. The first-order valence-corrected chi connectivity index (χ1v) is 27.7. The molecule has 0 amide bonds. The molecule has 2 unspecified atom stereocenters. The predicted octanol–water partition coefficient (Wildman–Crippen LogP) is 15.5. The number of allylic oxidation sites excluding steroid dienone is 2. The molecule has 4 heterocycles. The third-order valence-electron chi connectivity index (χ3n) is 18.1. The Morgan fingerprint density at radius 1 is 0.455 bits per heavy atom. The van der Waals surface area contributed by atoms with E-state index in [2.05, 4.69) is 282 Å². The third kappa shape index (κ3) is 7.17. The number of nitrogens with zero attached hydrogens (tertiary/aromatic N) is 4. The summed E-state index contributed by atoms with van der Waals surface area (Å²) in [4.78, 5) is 8.01. The smallest absolute Gasteiger partial charge is 0.330 e. The van der Waals surface area contributed by atoms with Crippen LogP contribution in [0.1, 0.15) is 95.2 Å². The van der Waals surface area contributed by atoms with E-state index in [1.807, 2.05) is 6.21 Å². The van der Waals surface area contributed by atoms with Gasteiger partial charge in [0.2, 0.25) is 0 Å². The van der Waals surface area contributed by atoms with Crippen LogP contribution in [0.15, 0.2) is 212 Å². The summed E-state index contributed by atoms with van der Waals surface area (Å²) in [6, 6.07) is 76.6. The molecular formula is C72H64BN4+. The molecule has 5 heteroatoms. The predicted molar refractivity (Wildman–Crippen MR) is 328 cm³/mol. The van der Waals surface area contributed by atoms with Crippen molar-refractivity contribution >= 4 is 80.5 Å². The zero-order valence-electron chi connectivity index (χ0n) is 45.6. The SMILES string of the molecule is CC(C)(C)c1cccc(N2c3cc(C(C)(C)C)ccc3B3c4ccc(-c5ccccc5)cc4N(c4cccc(-c5ccccc5)c4)c4cc(N5c6ccc(C7=[N+]=CC=C7)cc6C6(C)CCc7ccccc7C56C)cc2c43)c1. The van der Waals surface area contributed by atoms with Gasteiger partial charge in [0.15, 0.2) is 0 Å². The second kappa shape index (κ2) is 17.1. The average molecular weight is 996 g/mol. The quantitative estimate of drug-likeness (QED) is 0.123. The van der Waals surface area contributed by atoms with E-state index in [0.717, 1.165) is 35.5 Å². The zero-order valence-corrected chi connectivity index (χ0v) is 45.6. The molecular weight excluding hydrogens is 932 g/mol. The van der Waals surface area contributed by atoms with E-state index in [1.54, 1.807) is 0 Å². The molecule has 0 N–H and O–H groups in total. The number of aryl methyl sites for hydroxylation is 1. The summed E-state index contributed by atoms with van der Waals surface area (Å²) in [5.74, 6) is 0. The molecule has 0 radical (unpaired) electrons. The Hall–Kier alpha value is -8.37. The minimum Gasteiger partial charge on any atom is -0.330 e. The van der Waals surface area contributed by atoms with E-state index in [9.17, 15) is 0 Å². The van der Waals surface area contributed by atoms with Crippen molar-refractivity contribution in [2.75, 3.05) is 14.7 Å². The molecule has 0 fully saturated rings. The fourth-order valence-corrected chi connectivity index (χ4v) is 13.8. The van der Waals surface area contributed by atoms with Gasteiger partial charge in [-0.25, -0.2) is 0 Å². The molecule has 5 aliphatic rings. The number of anilines is 8. The molecule has 0 aromatic heterocycles. The molecule has 14 rings (SSSR count). The van der Waals surface area contributed by atoms with Crippen molar-refractivity contribution < 1.29 is 0 Å². The van der Waals surface area contributed by atoms with Crippen molar-refractivity contribution in [2.45, 2.75) is 90.0 Å². The van der Waals surface area contributed by atoms with Crippen LogP contribution in [0.2, 0.25) is 0 Å². The minimum absolute atomic E-state index is 0.0600. The van der Waals surface area contributed by atoms with E-state index in [0.29, 0.717) is 0 Å². The van der Waals surface area contributed by atoms with Crippen LogP contribution in [0.5, 0.6) is 0 Å². The van der Waals surface area contributed by atoms with E-state index in [-0.39, 0.29) is 23.0 Å². The fourth-order valence-electron chi connectivity index (χ4n) is 13.8. The fraction of sp³-hybridized carbons (Fsp3) is 0.194. The molecule has 0 spiro atoms. The van der Waals surface area contributed by atoms with Gasteiger partial charge in [0.25, 0.3) is 12.9 Å². The van der Waals surface area contributed by atoms with E-state index in [1.165, 1.54) is 101 Å². The monoisotopic (exact) mass is 996 g/mol. The first-order chi connectivity index (χ1) is 37.2. The Kier molecular flexibility index (Phi) is 10.4. The van der Waals surface area contributed by atoms with Crippen LogP contribution in [-0.2, 0) is 28.2 Å². The van der Waals surface area contributed by atoms with Gasteiger partial charge < -0.3 is 14.7 Å². The number of fused-ring (bicyclic) bond motifs is 9. The van der Waals surface area contributed by atoms with Crippen LogP contribution < -0.4 is 35.8 Å². The maximum absolute atomic E-state index is 4.83. The van der Waals surface area contributed by atoms with Crippen LogP contribution in [0.25, 0.3) is 22.3 Å². The van der Waals surface area contributed by atoms with Gasteiger partial charge in [-0.05, 0) is 164 Å². The van der Waals surface area contributed by atoms with Crippen molar-refractivity contribution in [2.24, 2.45) is 0 Å². The summed E-state index contributed by atoms with van der Waals surface area (Å²) >= 11 is 0. The van der Waals surface area contributed by atoms with Gasteiger partial charge in [-0.2, -0.15) is 0 Å². The summed E-state index contributed by atoms with van der Waals surface area (Å²) in [6.45, 7) is 19.1. The van der Waals surface area contributed by atoms with Gasteiger partial charge in [-0.3, -0.25) is 0 Å². The minimum atomic E-state index is -0.462. The molecule has 4 aliphatic heterocycles. The lowest BCUT2D eigenvalue weighted by Crippen LogP contribution is -2.61. The molecule has 1 aliphatic carbocycles. The lowest BCUT2D eigenvalue weighted by atomic mass is 9.33. The Labute approximate surface area is 455 Å². The largest absolute Gasteiger partial charge is 0.334 e. The van der Waals surface area contributed by atoms with Gasteiger partial charge >= 0.3 is 5.71 Å². The van der Waals surface area contributed by atoms with Gasteiger partial charge in [0, 0.05) is 63.1 Å². The zero-order chi connectivity index (χ0) is 52.6. The highest BCUT2D eigenvalue weighted by Crippen LogP contribution is 2.64. The van der Waals surface area contributed by atoms with Crippen LogP contribution in [-0.4, -0.2) is 18.6 Å². The van der Waals surface area contributed by atoms with Crippen molar-refractivity contribution in [1.29, 1.82) is 0 Å². The number of rotatable bonds is 6. The van der Waals surface area contributed by atoms with Crippen molar-refractivity contribution in [3.8, 4) is 22.3 Å². The molecule has 9 aromatic carbocycles. The summed E-state index contributed by atoms with van der Waals surface area (Å²) < 4.78 is 4.83. The Morgan fingerprint density at radius 3 is 1.71 bits per heavy atom. The molecule has 9 aromatic rings. The molecule has 374 valence electrons. The summed E-state index contributed by atoms with van der Waals surface area (Å²) in [7, 11) is 0. The first-order valence-electron chi connectivity index (χ1n) is 27.7. The molecule has 77 heavy (non-hydrogen) atoms. The van der Waals surface area contributed by atoms with Crippen LogP contribution in [0.4, 0.5) is 45.5 Å². The highest BCUT2D eigenvalue weighted by Gasteiger charge is 2.60. The van der Waals surface area contributed by atoms with E-state index in [4.69, 9.17) is 4.67 Å². The van der Waals surface area contributed by atoms with Gasteiger partial charge in [0.05, 0.1) is 11.1 Å². The van der Waals surface area contributed by atoms with E-state index >= 15 is 0 Å². The Morgan fingerprint density at radius 2 is 1.04 bits per heavy atom. The highest BCUT2D eigenvalue weighted by atomic mass is 15.3. The molecule has 2 atom stereocenters. The van der Waals surface area contributed by atoms with Crippen LogP contribution in [0.3, 0.4) is 0 Å². The summed E-state index contributed by atoms with van der Waals surface area (Å²) in [5, 5.41) is 0. The summed E-state index contributed by atoms with van der Waals surface area (Å²) in [6.07, 6.45) is 8.15. The van der Waals surface area contributed by atoms with E-state index < -0.39 is 5.54 Å². The van der Waals surface area contributed by atoms with Crippen LogP contribution in [0, 0.1) is 0 Å². The molecule has 0 saturated carbocycles. The van der Waals surface area contributed by atoms with Gasteiger partial charge in [0.1, 0.15) is 0 Å². The third-order valence-corrected chi connectivity index (χ3v) is 18.1. The van der Waals surface area contributed by atoms with Crippen LogP contribution >= 0.6 is 0 Å². The molecule has 0 bridgehead atoms. The van der Waals surface area contributed by atoms with Crippen molar-refractivity contribution in [3.63, 3.8) is 0 Å². The standard InChI is InChI=1S/C72H64BN4/c1-69(2,3)53-26-18-28-56(43-53)76-65-44-54(70(4,5)6)33-35-61(65)73-60-34-31-51(48-22-13-10-14-23-48)42-64(60)75(55-27-17-25-50(40-55)47-20-11-9-12-21-47)66-45-57(46-67(76)68(66)73)77-63-36-32-52(62-30-19-39-74-62)41-59(63)71(7)38-37-49-24-15-16-29-58(49)72(71,77)8/h9-36,39-46H,37-38H2,1-8H3/q+1. The topological polar surface area (TPSA) is 23.8 Å². The Bertz CT molecular complexity index is 4000. The van der Waals surface area contributed by atoms with Crippen molar-refractivity contribution in [1.82, 2.24) is 4.67 Å². The van der Waals surface area contributed by atoms with Gasteiger partial charge in [-0.15, -0.1) is 0 Å². The van der Waals surface area contributed by atoms with Gasteiger partial charge in [-0.1, -0.05) is 187 Å². The molecule has 0 saturated heterocycles. The first kappa shape index (κ1) is 47.1. The number of hydrogen-bond acceptors (Lipinski definition) is 3. The highest BCUT2D eigenvalue weighted by molar-refractivity contribution is 7.00. The Balaban J connectivity index is 1.12. The average Bonchev–Trinajstić information content (AvgIpc) is 4.09. The maximum atomic E-state index is 4.83. The van der Waals surface area contributed by atoms with Crippen molar-refractivity contribution in [3.05, 3.63) is 246 Å². The summed E-state index contributed by atoms with van der Waals surface area (Å²) in [5.41, 5.74) is 26.3. The lowest BCUT2D eigenvalue weighted by Gasteiger charge is -2.52.